The Kier molecular flexibility index (Phi) is 7.89. The Labute approximate surface area is 248 Å². The summed E-state index contributed by atoms with van der Waals surface area (Å²) in [6.45, 7) is -0.446. The molecule has 4 rings (SSSR count). The zero-order valence-electron chi connectivity index (χ0n) is 21.0. The van der Waals surface area contributed by atoms with Gasteiger partial charge in [0.15, 0.2) is 0 Å². The number of ether oxygens (including phenoxy) is 2. The number of benzene rings is 2. The van der Waals surface area contributed by atoms with E-state index in [1.807, 2.05) is 0 Å². The first-order chi connectivity index (χ1) is 18.8. The fourth-order valence-electron chi connectivity index (χ4n) is 4.19. The molecule has 0 spiro atoms. The van der Waals surface area contributed by atoms with E-state index in [1.54, 1.807) is 0 Å². The fourth-order valence-corrected chi connectivity index (χ4v) is 4.19. The van der Waals surface area contributed by atoms with Crippen molar-refractivity contribution in [3.05, 3.63) is 29.8 Å². The summed E-state index contributed by atoms with van der Waals surface area (Å²) in [5, 5.41) is -4.96. The van der Waals surface area contributed by atoms with Crippen LogP contribution in [0.5, 0.6) is 11.5 Å². The minimum atomic E-state index is -5.20. The number of halogens is 3. The monoisotopic (exact) mass is 525 g/mol. The second-order valence-corrected chi connectivity index (χ2v) is 9.00. The van der Waals surface area contributed by atoms with Crippen molar-refractivity contribution in [2.75, 3.05) is 0 Å². The molecule has 0 saturated heterocycles. The number of amides is 1. The van der Waals surface area contributed by atoms with Gasteiger partial charge in [0.2, 0.25) is 0 Å². The summed E-state index contributed by atoms with van der Waals surface area (Å²) in [6.07, 6.45) is -2.42. The van der Waals surface area contributed by atoms with Gasteiger partial charge in [0.25, 0.3) is 5.91 Å². The molecule has 0 fully saturated rings. The van der Waals surface area contributed by atoms with E-state index >= 15 is 0 Å². The van der Waals surface area contributed by atoms with Gasteiger partial charge in [-0.1, -0.05) is 38.2 Å². The van der Waals surface area contributed by atoms with Crippen LogP contribution in [0, 0.1) is 0 Å². The summed E-state index contributed by atoms with van der Waals surface area (Å²) < 4.78 is 48.5. The number of hydrogen-bond donors (Lipinski definition) is 0. The van der Waals surface area contributed by atoms with Gasteiger partial charge in [0.05, 0.1) is 27.8 Å². The van der Waals surface area contributed by atoms with Crippen LogP contribution >= 0.6 is 0 Å². The van der Waals surface area contributed by atoms with Crippen molar-refractivity contribution in [2.24, 2.45) is 0 Å². The third-order valence-corrected chi connectivity index (χ3v) is 6.37. The molecule has 0 N–H and O–H groups in total. The smallest absolute Gasteiger partial charge is 0.506 e. The average Bonchev–Trinajstić information content (AvgIpc) is 2.93. The third-order valence-electron chi connectivity index (χ3n) is 6.37. The number of rotatable bonds is 4. The van der Waals surface area contributed by atoms with Crippen LogP contribution in [0.15, 0.2) is 18.5 Å². The molecule has 0 saturated carbocycles. The van der Waals surface area contributed by atoms with Crippen molar-refractivity contribution < 1.29 is 27.4 Å². The normalized spacial score (nSPS) is 16.0. The van der Waals surface area contributed by atoms with Crippen LogP contribution in [0.25, 0.3) is 11.1 Å². The van der Waals surface area contributed by atoms with E-state index < -0.39 is 84.9 Å². The van der Waals surface area contributed by atoms with Gasteiger partial charge in [-0.15, -0.1) is 13.2 Å². The second kappa shape index (κ2) is 10.4. The fraction of sp³-hybridized carbons (Fsp3) is 0.190. The van der Waals surface area contributed by atoms with E-state index in [-0.39, 0.29) is 17.0 Å². The first-order valence-electron chi connectivity index (χ1n) is 11.3. The number of carbonyl (C=O) groups is 1. The SMILES string of the molecule is [B]c1c([B])c(-c2c([B])c([B])c3c(c2[B])C(=O)N(Cc2ncccn2)C([B])([B])C([B])([B])O3)c([B])c([B])c1OC(F)(F)F. The van der Waals surface area contributed by atoms with Gasteiger partial charge >= 0.3 is 6.36 Å². The van der Waals surface area contributed by atoms with Crippen LogP contribution < -0.4 is 47.7 Å². The highest BCUT2D eigenvalue weighted by atomic mass is 19.4. The minimum absolute atomic E-state index is 0.0666. The minimum Gasteiger partial charge on any atom is -0.506 e. The molecular formula is C21H5B11F3N3O3. The van der Waals surface area contributed by atoms with Crippen molar-refractivity contribution >= 4 is 130 Å². The number of hydrogen-bond acceptors (Lipinski definition) is 5. The van der Waals surface area contributed by atoms with E-state index in [1.165, 1.54) is 18.5 Å². The third kappa shape index (κ3) is 5.16. The maximum Gasteiger partial charge on any atom is 0.573 e. The molecule has 1 amide bonds. The Bertz CT molecular complexity index is 1540. The molecule has 0 bridgehead atoms. The van der Waals surface area contributed by atoms with E-state index in [2.05, 4.69) is 14.7 Å². The molecule has 22 radical (unpaired) electrons. The lowest BCUT2D eigenvalue weighted by Crippen LogP contribution is -2.69. The van der Waals surface area contributed by atoms with Crippen LogP contribution in [-0.2, 0) is 6.54 Å². The van der Waals surface area contributed by atoms with Gasteiger partial charge in [-0.3, -0.25) is 4.79 Å². The molecule has 0 atom stereocenters. The highest BCUT2D eigenvalue weighted by molar-refractivity contribution is 6.64. The van der Waals surface area contributed by atoms with E-state index in [4.69, 9.17) is 91.0 Å². The molecule has 20 heteroatoms. The lowest BCUT2D eigenvalue weighted by Gasteiger charge is -2.49. The molecule has 1 aliphatic rings. The summed E-state index contributed by atoms with van der Waals surface area (Å²) in [5.41, 5.74) is -5.23. The molecule has 0 unspecified atom stereocenters. The van der Waals surface area contributed by atoms with Gasteiger partial charge in [0, 0.05) is 17.8 Å². The number of fused-ring (bicyclic) bond motifs is 1. The molecule has 41 heavy (non-hydrogen) atoms. The standard InChI is InChI=1S/C21H5B11F3N3O3/c22-9-6(7-11(24)14(27)17(15(28)12(7)25)41-21(33,34)35)10(23)13(26)16-8(9)18(39)38(4-5-36-2-1-3-37-5)19(29,30)20(31,32)40-16/h1-3H,4H2. The largest absolute Gasteiger partial charge is 0.573 e. The van der Waals surface area contributed by atoms with Gasteiger partial charge in [-0.25, -0.2) is 9.97 Å². The van der Waals surface area contributed by atoms with E-state index in [9.17, 15) is 18.0 Å². The molecule has 176 valence electrons. The van der Waals surface area contributed by atoms with E-state index in [0.29, 0.717) is 0 Å². The van der Waals surface area contributed by atoms with Gasteiger partial charge in [-0.2, -0.15) is 0 Å². The lowest BCUT2D eigenvalue weighted by atomic mass is 9.39. The van der Waals surface area contributed by atoms with Crippen molar-refractivity contribution in [1.82, 2.24) is 14.9 Å². The van der Waals surface area contributed by atoms with Crippen LogP contribution in [0.4, 0.5) is 13.2 Å². The summed E-state index contributed by atoms with van der Waals surface area (Å²) in [5.74, 6) is -2.53. The Morgan fingerprint density at radius 1 is 0.780 bits per heavy atom. The van der Waals surface area contributed by atoms with Crippen LogP contribution in [0.3, 0.4) is 0 Å². The van der Waals surface area contributed by atoms with Crippen molar-refractivity contribution in [3.63, 3.8) is 0 Å². The average molecular weight is 523 g/mol. The Morgan fingerprint density at radius 3 is 1.78 bits per heavy atom. The molecule has 2 heterocycles. The molecule has 2 aromatic carbocycles. The molecular weight excluding hydrogens is 518 g/mol. The first-order valence-corrected chi connectivity index (χ1v) is 11.3. The van der Waals surface area contributed by atoms with Gasteiger partial charge in [-0.05, 0) is 22.5 Å². The summed E-state index contributed by atoms with van der Waals surface area (Å²) >= 11 is 0. The molecule has 1 aliphatic heterocycles. The van der Waals surface area contributed by atoms with E-state index in [0.717, 1.165) is 4.90 Å². The molecule has 1 aromatic heterocycles. The lowest BCUT2D eigenvalue weighted by molar-refractivity contribution is -0.273. The highest BCUT2D eigenvalue weighted by Gasteiger charge is 2.48. The quantitative estimate of drug-likeness (QED) is 0.319. The van der Waals surface area contributed by atoms with Crippen molar-refractivity contribution in [1.29, 1.82) is 0 Å². The van der Waals surface area contributed by atoms with Crippen LogP contribution in [-0.4, -0.2) is 124 Å². The van der Waals surface area contributed by atoms with Crippen molar-refractivity contribution in [3.8, 4) is 22.6 Å². The number of nitrogens with zero attached hydrogens (tertiary/aromatic N) is 3. The van der Waals surface area contributed by atoms with Crippen molar-refractivity contribution in [2.45, 2.75) is 23.6 Å². The molecule has 0 aliphatic carbocycles. The number of alkyl halides is 3. The zero-order valence-corrected chi connectivity index (χ0v) is 21.0. The first kappa shape index (κ1) is 31.0. The molecule has 3 aromatic rings. The summed E-state index contributed by atoms with van der Waals surface area (Å²) in [6, 6.07) is 1.52. The topological polar surface area (TPSA) is 64.6 Å². The molecule has 6 nitrogen and oxygen atoms in total. The summed E-state index contributed by atoms with van der Waals surface area (Å²) in [7, 11) is 67.3. The Balaban J connectivity index is 2.03. The second-order valence-electron chi connectivity index (χ2n) is 9.00. The maximum atomic E-state index is 14.0. The van der Waals surface area contributed by atoms with Gasteiger partial charge < -0.3 is 14.4 Å². The van der Waals surface area contributed by atoms with Crippen LogP contribution in [0.1, 0.15) is 16.2 Å². The summed E-state index contributed by atoms with van der Waals surface area (Å²) in [4.78, 5) is 22.9. The Morgan fingerprint density at radius 2 is 1.27 bits per heavy atom. The van der Waals surface area contributed by atoms with Crippen LogP contribution in [0.2, 0.25) is 0 Å². The predicted molar refractivity (Wildman–Crippen MR) is 157 cm³/mol. The maximum absolute atomic E-state index is 14.0. The Hall–Kier alpha value is -2.91. The number of aromatic nitrogens is 2. The predicted octanol–water partition coefficient (Wildman–Crippen LogP) is -6.38. The number of carbonyl (C=O) groups excluding carboxylic acids is 1. The zero-order chi connectivity index (χ0) is 30.8. The highest BCUT2D eigenvalue weighted by Crippen LogP contribution is 2.34. The van der Waals surface area contributed by atoms with Gasteiger partial charge in [0.1, 0.15) is 87.9 Å².